The molecule has 1 aromatic heterocycles. The van der Waals surface area contributed by atoms with Crippen LogP contribution in [0.3, 0.4) is 0 Å². The highest BCUT2D eigenvalue weighted by Crippen LogP contribution is 2.36. The van der Waals surface area contributed by atoms with Crippen molar-refractivity contribution in [2.24, 2.45) is 5.92 Å². The second-order valence-electron chi connectivity index (χ2n) is 8.52. The van der Waals surface area contributed by atoms with Gasteiger partial charge in [0.05, 0.1) is 12.6 Å². The first kappa shape index (κ1) is 27.0. The van der Waals surface area contributed by atoms with E-state index in [-0.39, 0.29) is 22.6 Å². The summed E-state index contributed by atoms with van der Waals surface area (Å²) in [5.74, 6) is 0.398. The molecule has 9 heteroatoms. The molecule has 1 heterocycles. The van der Waals surface area contributed by atoms with E-state index in [2.05, 4.69) is 19.2 Å². The Hall–Kier alpha value is -2.23. The second kappa shape index (κ2) is 12.3. The molecule has 0 bridgehead atoms. The number of ether oxygens (including phenoxy) is 1. The molecule has 1 amide bonds. The first-order valence-corrected chi connectivity index (χ1v) is 13.5. The van der Waals surface area contributed by atoms with Crippen molar-refractivity contribution >= 4 is 33.2 Å². The average molecular weight is 495 g/mol. The van der Waals surface area contributed by atoms with Gasteiger partial charge in [-0.1, -0.05) is 45.4 Å². The molecule has 0 saturated carbocycles. The van der Waals surface area contributed by atoms with Crippen LogP contribution in [0.15, 0.2) is 34.5 Å². The molecule has 0 saturated heterocycles. The van der Waals surface area contributed by atoms with Gasteiger partial charge in [-0.2, -0.15) is 0 Å². The molecule has 2 rings (SSSR count). The fraction of sp³-hybridized carbons (Fsp3) is 0.500. The van der Waals surface area contributed by atoms with Gasteiger partial charge in [0.1, 0.15) is 9.99 Å². The summed E-state index contributed by atoms with van der Waals surface area (Å²) < 4.78 is 33.3. The lowest BCUT2D eigenvalue weighted by Gasteiger charge is -2.12. The van der Waals surface area contributed by atoms with Gasteiger partial charge in [0.25, 0.3) is 10.0 Å². The summed E-state index contributed by atoms with van der Waals surface area (Å²) in [6.45, 7) is 10.1. The second-order valence-corrected chi connectivity index (χ2v) is 11.5. The fourth-order valence-electron chi connectivity index (χ4n) is 3.09. The van der Waals surface area contributed by atoms with Crippen LogP contribution in [-0.2, 0) is 32.5 Å². The first-order chi connectivity index (χ1) is 15.5. The number of hydrogen-bond acceptors (Lipinski definition) is 7. The summed E-state index contributed by atoms with van der Waals surface area (Å²) in [6.07, 6.45) is 1.26. The molecule has 0 radical (unpaired) electrons. The standard InChI is InChI=1S/C24H34N2O5S2/c1-6-7-11-31-24(28)26-33(29,30)23-22(14-21(32-23)12-16(2)3)20-10-8-9-19(13-20)15-25-17(4)18(5)27/h8-10,13-14,16-17,25H,6-7,11-12,15H2,1-5H3,(H,26,28). The highest BCUT2D eigenvalue weighted by molar-refractivity contribution is 7.92. The maximum atomic E-state index is 13.1. The van der Waals surface area contributed by atoms with E-state index >= 15 is 0 Å². The predicted molar refractivity (Wildman–Crippen MR) is 132 cm³/mol. The van der Waals surface area contributed by atoms with Crippen LogP contribution in [0.2, 0.25) is 0 Å². The van der Waals surface area contributed by atoms with Crippen LogP contribution in [0.4, 0.5) is 4.79 Å². The van der Waals surface area contributed by atoms with Crippen molar-refractivity contribution in [1.82, 2.24) is 10.0 Å². The summed E-state index contributed by atoms with van der Waals surface area (Å²) in [7, 11) is -4.11. The third-order valence-electron chi connectivity index (χ3n) is 5.01. The number of carbonyl (C=O) groups is 2. The highest BCUT2D eigenvalue weighted by atomic mass is 32.2. The maximum absolute atomic E-state index is 13.1. The Bertz CT molecular complexity index is 1060. The number of rotatable bonds is 12. The van der Waals surface area contributed by atoms with Gasteiger partial charge in [-0.3, -0.25) is 4.79 Å². The lowest BCUT2D eigenvalue weighted by molar-refractivity contribution is -0.118. The third-order valence-corrected chi connectivity index (χ3v) is 8.02. The first-order valence-electron chi connectivity index (χ1n) is 11.2. The topological polar surface area (TPSA) is 102 Å². The molecule has 1 unspecified atom stereocenters. The molecule has 1 aromatic carbocycles. The van der Waals surface area contributed by atoms with Gasteiger partial charge < -0.3 is 10.1 Å². The molecule has 182 valence electrons. The van der Waals surface area contributed by atoms with E-state index in [1.54, 1.807) is 6.92 Å². The van der Waals surface area contributed by atoms with Crippen molar-refractivity contribution in [2.75, 3.05) is 6.61 Å². The fourth-order valence-corrected chi connectivity index (χ4v) is 5.93. The van der Waals surface area contributed by atoms with E-state index in [4.69, 9.17) is 4.74 Å². The minimum absolute atomic E-state index is 0.0487. The van der Waals surface area contributed by atoms with Crippen molar-refractivity contribution in [3.63, 3.8) is 0 Å². The van der Waals surface area contributed by atoms with Crippen molar-refractivity contribution in [1.29, 1.82) is 0 Å². The molecule has 0 aliphatic carbocycles. The van der Waals surface area contributed by atoms with Gasteiger partial charge in [-0.15, -0.1) is 11.3 Å². The minimum Gasteiger partial charge on any atom is -0.449 e. The highest BCUT2D eigenvalue weighted by Gasteiger charge is 2.26. The number of thiophene rings is 1. The number of Topliss-reactive ketones (excluding diaryl/α,β-unsaturated/α-hetero) is 1. The number of sulfonamides is 1. The van der Waals surface area contributed by atoms with Crippen molar-refractivity contribution in [3.05, 3.63) is 40.8 Å². The molecule has 1 atom stereocenters. The van der Waals surface area contributed by atoms with E-state index < -0.39 is 16.1 Å². The van der Waals surface area contributed by atoms with Gasteiger partial charge >= 0.3 is 6.09 Å². The van der Waals surface area contributed by atoms with Crippen LogP contribution >= 0.6 is 11.3 Å². The Morgan fingerprint density at radius 2 is 1.88 bits per heavy atom. The SMILES string of the molecule is CCCCOC(=O)NS(=O)(=O)c1sc(CC(C)C)cc1-c1cccc(CNC(C)C(C)=O)c1. The van der Waals surface area contributed by atoms with Crippen LogP contribution in [0.1, 0.15) is 57.9 Å². The summed E-state index contributed by atoms with van der Waals surface area (Å²) in [4.78, 5) is 24.5. The van der Waals surface area contributed by atoms with Crippen molar-refractivity contribution < 1.29 is 22.7 Å². The minimum atomic E-state index is -4.11. The zero-order valence-electron chi connectivity index (χ0n) is 19.9. The predicted octanol–water partition coefficient (Wildman–Crippen LogP) is 4.90. The Morgan fingerprint density at radius 3 is 2.52 bits per heavy atom. The van der Waals surface area contributed by atoms with Crippen molar-refractivity contribution in [2.45, 2.75) is 70.7 Å². The quantitative estimate of drug-likeness (QED) is 0.407. The van der Waals surface area contributed by atoms with Crippen LogP contribution in [-0.4, -0.2) is 32.9 Å². The summed E-state index contributed by atoms with van der Waals surface area (Å²) in [6, 6.07) is 9.13. The smallest absolute Gasteiger partial charge is 0.421 e. The van der Waals surface area contributed by atoms with Crippen LogP contribution in [0.5, 0.6) is 0 Å². The molecular formula is C24H34N2O5S2. The molecule has 7 nitrogen and oxygen atoms in total. The van der Waals surface area contributed by atoms with Gasteiger partial charge in [-0.05, 0) is 55.9 Å². The number of benzene rings is 1. The average Bonchev–Trinajstić information content (AvgIpc) is 3.16. The van der Waals surface area contributed by atoms with Crippen molar-refractivity contribution in [3.8, 4) is 11.1 Å². The molecule has 2 aromatic rings. The summed E-state index contributed by atoms with van der Waals surface area (Å²) in [5.41, 5.74) is 2.20. The van der Waals surface area contributed by atoms with E-state index in [9.17, 15) is 18.0 Å². The largest absolute Gasteiger partial charge is 0.449 e. The Morgan fingerprint density at radius 1 is 1.15 bits per heavy atom. The molecule has 2 N–H and O–H groups in total. The normalized spacial score (nSPS) is 12.5. The number of ketones is 1. The van der Waals surface area contributed by atoms with Crippen LogP contribution < -0.4 is 10.0 Å². The monoisotopic (exact) mass is 494 g/mol. The zero-order chi connectivity index (χ0) is 24.6. The van der Waals surface area contributed by atoms with E-state index in [1.165, 1.54) is 18.3 Å². The maximum Gasteiger partial charge on any atom is 0.421 e. The van der Waals surface area contributed by atoms with Gasteiger partial charge in [0, 0.05) is 17.0 Å². The number of unbranched alkanes of at least 4 members (excludes halogenated alkanes) is 1. The molecule has 0 spiro atoms. The molecule has 0 aliphatic heterocycles. The van der Waals surface area contributed by atoms with Gasteiger partial charge in [-0.25, -0.2) is 17.9 Å². The number of carbonyl (C=O) groups excluding carboxylic acids is 2. The number of amides is 1. The van der Waals surface area contributed by atoms with Crippen LogP contribution in [0, 0.1) is 5.92 Å². The lowest BCUT2D eigenvalue weighted by Crippen LogP contribution is -2.31. The number of nitrogens with one attached hydrogen (secondary N) is 2. The van der Waals surface area contributed by atoms with E-state index in [0.29, 0.717) is 24.4 Å². The Kier molecular flexibility index (Phi) is 10.1. The number of hydrogen-bond donors (Lipinski definition) is 2. The Labute approximate surface area is 201 Å². The zero-order valence-corrected chi connectivity index (χ0v) is 21.6. The van der Waals surface area contributed by atoms with Crippen LogP contribution in [0.25, 0.3) is 11.1 Å². The molecule has 0 fully saturated rings. The molecule has 33 heavy (non-hydrogen) atoms. The Balaban J connectivity index is 2.36. The van der Waals surface area contributed by atoms with E-state index in [0.717, 1.165) is 28.8 Å². The lowest BCUT2D eigenvalue weighted by atomic mass is 10.0. The molecule has 0 aliphatic rings. The van der Waals surface area contributed by atoms with Gasteiger partial charge in [0.15, 0.2) is 0 Å². The third kappa shape index (κ3) is 8.24. The summed E-state index contributed by atoms with van der Waals surface area (Å²) >= 11 is 1.17. The van der Waals surface area contributed by atoms with Gasteiger partial charge in [0.2, 0.25) is 0 Å². The molecular weight excluding hydrogens is 460 g/mol. The summed E-state index contributed by atoms with van der Waals surface area (Å²) in [5, 5.41) is 3.16. The van der Waals surface area contributed by atoms with E-state index in [1.807, 2.05) is 42.0 Å².